The Hall–Kier alpha value is -4.34. The molecule has 10 heteroatoms. The molecule has 0 saturated carbocycles. The molecule has 10 nitrogen and oxygen atoms in total. The van der Waals surface area contributed by atoms with Gasteiger partial charge in [0.05, 0.1) is 28.4 Å². The van der Waals surface area contributed by atoms with E-state index in [9.17, 15) is 29.3 Å². The highest BCUT2D eigenvalue weighted by molar-refractivity contribution is 6.22. The molecule has 2 aromatic carbocycles. The number of rotatable bonds is 5. The summed E-state index contributed by atoms with van der Waals surface area (Å²) in [4.78, 5) is 64.2. The Bertz CT molecular complexity index is 1320. The maximum Gasteiger partial charge on any atom is 0.316 e. The van der Waals surface area contributed by atoms with Crippen molar-refractivity contribution in [2.24, 2.45) is 17.8 Å². The van der Waals surface area contributed by atoms with Crippen LogP contribution in [0.5, 0.6) is 5.75 Å². The molecule has 0 spiro atoms. The largest absolute Gasteiger partial charge is 0.426 e. The first-order chi connectivity index (χ1) is 17.2. The first kappa shape index (κ1) is 23.4. The number of allylic oxidation sites excluding steroid dienone is 2. The van der Waals surface area contributed by atoms with Gasteiger partial charge in [-0.1, -0.05) is 17.7 Å². The molecule has 2 saturated heterocycles. The van der Waals surface area contributed by atoms with Gasteiger partial charge in [-0.25, -0.2) is 4.90 Å². The number of carbonyl (C=O) groups excluding carboxylic acids is 4. The third kappa shape index (κ3) is 4.15. The van der Waals surface area contributed by atoms with Crippen molar-refractivity contribution in [3.05, 3.63) is 70.3 Å². The van der Waals surface area contributed by atoms with E-state index in [0.29, 0.717) is 24.2 Å². The van der Waals surface area contributed by atoms with Gasteiger partial charge < -0.3 is 9.64 Å². The molecule has 0 radical (unpaired) electrons. The lowest BCUT2D eigenvalue weighted by Crippen LogP contribution is -2.31. The van der Waals surface area contributed by atoms with Gasteiger partial charge in [0.1, 0.15) is 5.75 Å². The maximum atomic E-state index is 13.0. The Morgan fingerprint density at radius 2 is 1.72 bits per heavy atom. The van der Waals surface area contributed by atoms with Gasteiger partial charge in [0, 0.05) is 36.9 Å². The first-order valence-electron chi connectivity index (χ1n) is 11.6. The molecule has 3 amide bonds. The number of carbonyl (C=O) groups is 4. The minimum Gasteiger partial charge on any atom is -0.426 e. The van der Waals surface area contributed by atoms with Crippen molar-refractivity contribution in [2.75, 3.05) is 16.3 Å². The second-order valence-electron chi connectivity index (χ2n) is 9.31. The number of benzene rings is 2. The molecular weight excluding hydrogens is 466 g/mol. The van der Waals surface area contributed by atoms with Crippen LogP contribution < -0.4 is 14.5 Å². The van der Waals surface area contributed by atoms with E-state index in [4.69, 9.17) is 4.74 Å². The third-order valence-corrected chi connectivity index (χ3v) is 6.95. The van der Waals surface area contributed by atoms with Crippen molar-refractivity contribution in [1.82, 2.24) is 0 Å². The van der Waals surface area contributed by atoms with Gasteiger partial charge in [0.25, 0.3) is 5.69 Å². The predicted molar refractivity (Wildman–Crippen MR) is 128 cm³/mol. The Kier molecular flexibility index (Phi) is 5.87. The first-order valence-corrected chi connectivity index (χ1v) is 11.6. The fourth-order valence-electron chi connectivity index (χ4n) is 5.05. The predicted octanol–water partition coefficient (Wildman–Crippen LogP) is 3.40. The summed E-state index contributed by atoms with van der Waals surface area (Å²) >= 11 is 0. The van der Waals surface area contributed by atoms with Crippen molar-refractivity contribution in [2.45, 2.75) is 26.2 Å². The minimum atomic E-state index is -0.733. The molecule has 3 aliphatic rings. The number of nitro groups is 1. The van der Waals surface area contributed by atoms with Gasteiger partial charge >= 0.3 is 5.97 Å². The molecule has 184 valence electrons. The smallest absolute Gasteiger partial charge is 0.316 e. The van der Waals surface area contributed by atoms with Crippen LogP contribution in [0.1, 0.15) is 26.2 Å². The van der Waals surface area contributed by atoms with Crippen LogP contribution in [0.3, 0.4) is 0 Å². The highest BCUT2D eigenvalue weighted by Crippen LogP contribution is 2.40. The Labute approximate surface area is 206 Å². The summed E-state index contributed by atoms with van der Waals surface area (Å²) in [7, 11) is 0. The average Bonchev–Trinajstić information content (AvgIpc) is 3.36. The SMILES string of the molecule is CC1=CC[C@@H]2C(=O)N(c3cccc(OC(=O)[C@H]4CC(=O)N(c5ccc([N+](=O)[O-])cc5)C4)c3)C(=O)[C@H]2C1. The topological polar surface area (TPSA) is 127 Å². The molecule has 2 aromatic rings. The third-order valence-electron chi connectivity index (χ3n) is 6.95. The van der Waals surface area contributed by atoms with E-state index in [-0.39, 0.29) is 54.0 Å². The Morgan fingerprint density at radius 1 is 1.00 bits per heavy atom. The van der Waals surface area contributed by atoms with Crippen LogP contribution in [0.4, 0.5) is 17.1 Å². The number of anilines is 2. The number of amides is 3. The van der Waals surface area contributed by atoms with Crippen LogP contribution in [-0.4, -0.2) is 35.2 Å². The highest BCUT2D eigenvalue weighted by Gasteiger charge is 2.48. The van der Waals surface area contributed by atoms with Crippen LogP contribution in [0.25, 0.3) is 0 Å². The molecule has 2 fully saturated rings. The van der Waals surface area contributed by atoms with Gasteiger partial charge in [0.15, 0.2) is 0 Å². The summed E-state index contributed by atoms with van der Waals surface area (Å²) < 4.78 is 5.52. The molecule has 2 aliphatic heterocycles. The number of hydrogen-bond acceptors (Lipinski definition) is 7. The molecule has 1 aliphatic carbocycles. The van der Waals surface area contributed by atoms with E-state index < -0.39 is 16.8 Å². The van der Waals surface area contributed by atoms with Crippen molar-refractivity contribution in [3.63, 3.8) is 0 Å². The van der Waals surface area contributed by atoms with Crippen LogP contribution in [0.15, 0.2) is 60.2 Å². The minimum absolute atomic E-state index is 0.0612. The van der Waals surface area contributed by atoms with Crippen molar-refractivity contribution in [3.8, 4) is 5.75 Å². The monoisotopic (exact) mass is 489 g/mol. The molecule has 36 heavy (non-hydrogen) atoms. The molecule has 0 aromatic heterocycles. The van der Waals surface area contributed by atoms with Gasteiger partial charge in [-0.15, -0.1) is 0 Å². The van der Waals surface area contributed by atoms with E-state index in [1.165, 1.54) is 40.1 Å². The quantitative estimate of drug-likeness (QED) is 0.157. The standard InChI is InChI=1S/C26H23N3O7/c1-15-5-10-21-22(11-15)25(32)28(24(21)31)19-3-2-4-20(13-19)36-26(33)16-12-23(30)27(14-16)17-6-8-18(9-7-17)29(34)35/h2-9,13,16,21-22H,10-12,14H2,1H3/t16-,21-,22-/m0/s1. The van der Waals surface area contributed by atoms with Gasteiger partial charge in [-0.05, 0) is 44.0 Å². The second-order valence-corrected chi connectivity index (χ2v) is 9.31. The maximum absolute atomic E-state index is 13.0. The zero-order valence-electron chi connectivity index (χ0n) is 19.5. The van der Waals surface area contributed by atoms with E-state index in [2.05, 4.69) is 0 Å². The Morgan fingerprint density at radius 3 is 2.44 bits per heavy atom. The van der Waals surface area contributed by atoms with Crippen molar-refractivity contribution in [1.29, 1.82) is 0 Å². The van der Waals surface area contributed by atoms with E-state index in [1.54, 1.807) is 18.2 Å². The van der Waals surface area contributed by atoms with E-state index >= 15 is 0 Å². The number of esters is 1. The van der Waals surface area contributed by atoms with E-state index in [0.717, 1.165) is 5.57 Å². The zero-order valence-corrected chi connectivity index (χ0v) is 19.5. The summed E-state index contributed by atoms with van der Waals surface area (Å²) in [6.07, 6.45) is 3.03. The number of hydrogen-bond donors (Lipinski definition) is 0. The molecule has 2 heterocycles. The number of fused-ring (bicyclic) bond motifs is 1. The Balaban J connectivity index is 1.27. The number of nitro benzene ring substituents is 1. The molecular formula is C26H23N3O7. The lowest BCUT2D eigenvalue weighted by atomic mass is 9.82. The summed E-state index contributed by atoms with van der Waals surface area (Å²) in [5, 5.41) is 10.9. The van der Waals surface area contributed by atoms with Crippen LogP contribution in [0, 0.1) is 27.9 Å². The summed E-state index contributed by atoms with van der Waals surface area (Å²) in [6, 6.07) is 11.8. The molecule has 0 bridgehead atoms. The number of nitrogens with zero attached hydrogens (tertiary/aromatic N) is 3. The summed E-state index contributed by atoms with van der Waals surface area (Å²) in [6.45, 7) is 2.03. The normalized spacial score (nSPS) is 23.5. The molecule has 3 atom stereocenters. The lowest BCUT2D eigenvalue weighted by Gasteiger charge is -2.18. The average molecular weight is 489 g/mol. The second kappa shape index (κ2) is 9.03. The molecule has 0 unspecified atom stereocenters. The molecule has 0 N–H and O–H groups in total. The fourth-order valence-corrected chi connectivity index (χ4v) is 5.05. The summed E-state index contributed by atoms with van der Waals surface area (Å²) in [5.41, 5.74) is 1.80. The van der Waals surface area contributed by atoms with Gasteiger partial charge in [-0.3, -0.25) is 29.3 Å². The molecule has 5 rings (SSSR count). The van der Waals surface area contributed by atoms with E-state index in [1.807, 2.05) is 13.0 Å². The zero-order chi connectivity index (χ0) is 25.6. The van der Waals surface area contributed by atoms with Gasteiger partial charge in [-0.2, -0.15) is 0 Å². The van der Waals surface area contributed by atoms with Crippen molar-refractivity contribution >= 4 is 40.8 Å². The van der Waals surface area contributed by atoms with Gasteiger partial charge in [0.2, 0.25) is 17.7 Å². The fraction of sp³-hybridized carbons (Fsp3) is 0.308. The summed E-state index contributed by atoms with van der Waals surface area (Å²) in [5.74, 6) is -2.71. The van der Waals surface area contributed by atoms with Crippen LogP contribution in [0.2, 0.25) is 0 Å². The number of imide groups is 1. The number of non-ortho nitro benzene ring substituents is 1. The number of ether oxygens (including phenoxy) is 1. The van der Waals surface area contributed by atoms with Crippen LogP contribution in [-0.2, 0) is 19.2 Å². The lowest BCUT2D eigenvalue weighted by molar-refractivity contribution is -0.384. The van der Waals surface area contributed by atoms with Crippen molar-refractivity contribution < 1.29 is 28.8 Å². The van der Waals surface area contributed by atoms with Crippen LogP contribution >= 0.6 is 0 Å². The highest BCUT2D eigenvalue weighted by atomic mass is 16.6.